The predicted octanol–water partition coefficient (Wildman–Crippen LogP) is 14.8. The Hall–Kier alpha value is -6.24. The number of rotatable bonds is 5. The van der Waals surface area contributed by atoms with E-state index in [-0.39, 0.29) is 5.41 Å². The Balaban J connectivity index is 1.41. The number of benzene rings is 9. The van der Waals surface area contributed by atoms with Crippen LogP contribution < -0.4 is 0 Å². The minimum atomic E-state index is -0.0132. The lowest BCUT2D eigenvalue weighted by molar-refractivity contribution is 0.591. The van der Waals surface area contributed by atoms with Gasteiger partial charge in [0.05, 0.1) is 0 Å². The molecule has 0 bridgehead atoms. The van der Waals surface area contributed by atoms with E-state index in [0.717, 1.165) is 0 Å². The zero-order valence-corrected chi connectivity index (χ0v) is 29.9. The van der Waals surface area contributed by atoms with Crippen molar-refractivity contribution in [3.63, 3.8) is 0 Å². The lowest BCUT2D eigenvalue weighted by Gasteiger charge is -2.24. The van der Waals surface area contributed by atoms with Gasteiger partial charge in [-0.3, -0.25) is 0 Å². The summed E-state index contributed by atoms with van der Waals surface area (Å²) in [6, 6.07) is 69.3. The molecular formula is C52H40. The first-order valence-corrected chi connectivity index (χ1v) is 18.3. The summed E-state index contributed by atoms with van der Waals surface area (Å²) in [5.41, 5.74) is 13.8. The standard InChI is InChI=1S/C52H40/c1-52(2,3)39-28-30-47-49(34-39)51(46-29-27-38(35-17-7-4-8-18-35)33-48(46)37-21-11-6-12-22-37)44-26-16-15-25-43(44)50(47)45-32-31-40(36-19-9-5-10-20-36)41-23-13-14-24-42(41)45/h4-34H,1-3H3. The van der Waals surface area contributed by atoms with E-state index in [1.807, 2.05) is 0 Å². The van der Waals surface area contributed by atoms with E-state index in [2.05, 4.69) is 209 Å². The van der Waals surface area contributed by atoms with Gasteiger partial charge in [-0.05, 0) is 111 Å². The molecule has 0 aromatic heterocycles. The van der Waals surface area contributed by atoms with Crippen LogP contribution in [0.4, 0.5) is 0 Å². The van der Waals surface area contributed by atoms with Crippen molar-refractivity contribution in [1.29, 1.82) is 0 Å². The zero-order valence-electron chi connectivity index (χ0n) is 29.9. The minimum Gasteiger partial charge on any atom is -0.0622 e. The molecule has 0 spiro atoms. The summed E-state index contributed by atoms with van der Waals surface area (Å²) in [4.78, 5) is 0. The van der Waals surface area contributed by atoms with Gasteiger partial charge in [-0.1, -0.05) is 197 Å². The molecule has 0 heteroatoms. The van der Waals surface area contributed by atoms with Crippen LogP contribution in [0, 0.1) is 0 Å². The van der Waals surface area contributed by atoms with Crippen LogP contribution >= 0.6 is 0 Å². The highest BCUT2D eigenvalue weighted by molar-refractivity contribution is 6.25. The fraction of sp³-hybridized carbons (Fsp3) is 0.0769. The van der Waals surface area contributed by atoms with E-state index in [9.17, 15) is 0 Å². The first-order valence-electron chi connectivity index (χ1n) is 18.3. The van der Waals surface area contributed by atoms with Crippen molar-refractivity contribution >= 4 is 32.3 Å². The van der Waals surface area contributed by atoms with E-state index in [1.165, 1.54) is 93.5 Å². The molecule has 9 aromatic carbocycles. The van der Waals surface area contributed by atoms with Gasteiger partial charge in [0.1, 0.15) is 0 Å². The summed E-state index contributed by atoms with van der Waals surface area (Å²) < 4.78 is 0. The molecule has 0 saturated heterocycles. The number of hydrogen-bond donors (Lipinski definition) is 0. The third kappa shape index (κ3) is 5.49. The first-order chi connectivity index (χ1) is 25.5. The highest BCUT2D eigenvalue weighted by Gasteiger charge is 2.23. The molecule has 0 atom stereocenters. The van der Waals surface area contributed by atoms with Crippen LogP contribution in [-0.2, 0) is 5.41 Å². The molecule has 0 heterocycles. The van der Waals surface area contributed by atoms with Crippen LogP contribution in [-0.4, -0.2) is 0 Å². The van der Waals surface area contributed by atoms with Gasteiger partial charge in [-0.2, -0.15) is 0 Å². The molecule has 52 heavy (non-hydrogen) atoms. The molecule has 0 unspecified atom stereocenters. The van der Waals surface area contributed by atoms with Crippen molar-refractivity contribution in [2.24, 2.45) is 0 Å². The van der Waals surface area contributed by atoms with Gasteiger partial charge >= 0.3 is 0 Å². The van der Waals surface area contributed by atoms with Gasteiger partial charge < -0.3 is 0 Å². The van der Waals surface area contributed by atoms with Crippen molar-refractivity contribution in [2.75, 3.05) is 0 Å². The Kier molecular flexibility index (Phi) is 7.82. The normalized spacial score (nSPS) is 11.8. The topological polar surface area (TPSA) is 0 Å². The lowest BCUT2D eigenvalue weighted by atomic mass is 9.79. The molecule has 248 valence electrons. The van der Waals surface area contributed by atoms with Gasteiger partial charge in [0, 0.05) is 0 Å². The van der Waals surface area contributed by atoms with Crippen LogP contribution in [0.3, 0.4) is 0 Å². The van der Waals surface area contributed by atoms with E-state index in [1.54, 1.807) is 0 Å². The maximum Gasteiger partial charge on any atom is -0.00200 e. The highest BCUT2D eigenvalue weighted by Crippen LogP contribution is 2.49. The zero-order chi connectivity index (χ0) is 35.2. The molecule has 9 rings (SSSR count). The highest BCUT2D eigenvalue weighted by atomic mass is 14.3. The van der Waals surface area contributed by atoms with Crippen molar-refractivity contribution in [3.8, 4) is 55.6 Å². The quantitative estimate of drug-likeness (QED) is 0.161. The first kappa shape index (κ1) is 31.7. The van der Waals surface area contributed by atoms with Gasteiger partial charge in [0.15, 0.2) is 0 Å². The summed E-state index contributed by atoms with van der Waals surface area (Å²) in [5, 5.41) is 7.60. The van der Waals surface area contributed by atoms with Crippen molar-refractivity contribution < 1.29 is 0 Å². The average Bonchev–Trinajstić information content (AvgIpc) is 3.20. The molecule has 0 aliphatic carbocycles. The van der Waals surface area contributed by atoms with Gasteiger partial charge in [-0.25, -0.2) is 0 Å². The van der Waals surface area contributed by atoms with E-state index < -0.39 is 0 Å². The third-order valence-corrected chi connectivity index (χ3v) is 10.6. The predicted molar refractivity (Wildman–Crippen MR) is 225 cm³/mol. The van der Waals surface area contributed by atoms with Crippen LogP contribution in [0.15, 0.2) is 188 Å². The molecular weight excluding hydrogens is 625 g/mol. The van der Waals surface area contributed by atoms with Crippen LogP contribution in [0.5, 0.6) is 0 Å². The maximum atomic E-state index is 2.47. The van der Waals surface area contributed by atoms with E-state index in [0.29, 0.717) is 0 Å². The second kappa shape index (κ2) is 12.8. The summed E-state index contributed by atoms with van der Waals surface area (Å²) in [5.74, 6) is 0. The monoisotopic (exact) mass is 664 g/mol. The number of fused-ring (bicyclic) bond motifs is 3. The molecule has 0 aliphatic rings. The van der Waals surface area contributed by atoms with Crippen molar-refractivity contribution in [2.45, 2.75) is 26.2 Å². The molecule has 0 saturated carbocycles. The largest absolute Gasteiger partial charge is 0.0622 e. The molecule has 0 nitrogen and oxygen atoms in total. The third-order valence-electron chi connectivity index (χ3n) is 10.6. The molecule has 9 aromatic rings. The van der Waals surface area contributed by atoms with Crippen LogP contribution in [0.2, 0.25) is 0 Å². The number of hydrogen-bond acceptors (Lipinski definition) is 0. The Bertz CT molecular complexity index is 2730. The maximum absolute atomic E-state index is 2.47. The summed E-state index contributed by atoms with van der Waals surface area (Å²) in [6.07, 6.45) is 0. The second-order valence-corrected chi connectivity index (χ2v) is 14.9. The summed E-state index contributed by atoms with van der Waals surface area (Å²) in [6.45, 7) is 6.95. The molecule has 0 N–H and O–H groups in total. The second-order valence-electron chi connectivity index (χ2n) is 14.9. The van der Waals surface area contributed by atoms with E-state index >= 15 is 0 Å². The van der Waals surface area contributed by atoms with Gasteiger partial charge in [0.25, 0.3) is 0 Å². The smallest absolute Gasteiger partial charge is 0.00200 e. The fourth-order valence-electron chi connectivity index (χ4n) is 8.04. The van der Waals surface area contributed by atoms with Gasteiger partial charge in [-0.15, -0.1) is 0 Å². The Morgan fingerprint density at radius 3 is 1.31 bits per heavy atom. The molecule has 0 radical (unpaired) electrons. The summed E-state index contributed by atoms with van der Waals surface area (Å²) in [7, 11) is 0. The Morgan fingerprint density at radius 2 is 0.712 bits per heavy atom. The summed E-state index contributed by atoms with van der Waals surface area (Å²) >= 11 is 0. The molecule has 0 amide bonds. The lowest BCUT2D eigenvalue weighted by Crippen LogP contribution is -2.10. The SMILES string of the molecule is CC(C)(C)c1ccc2c(-c3ccc(-c4ccccc4)c4ccccc34)c3ccccc3c(-c3ccc(-c4ccccc4)cc3-c3ccccc3)c2c1. The average molecular weight is 665 g/mol. The van der Waals surface area contributed by atoms with E-state index in [4.69, 9.17) is 0 Å². The van der Waals surface area contributed by atoms with Crippen molar-refractivity contribution in [3.05, 3.63) is 194 Å². The minimum absolute atomic E-state index is 0.0132. The molecule has 0 fully saturated rings. The Labute approximate surface area is 306 Å². The van der Waals surface area contributed by atoms with Crippen LogP contribution in [0.1, 0.15) is 26.3 Å². The van der Waals surface area contributed by atoms with Crippen molar-refractivity contribution in [1.82, 2.24) is 0 Å². The van der Waals surface area contributed by atoms with Crippen LogP contribution in [0.25, 0.3) is 88.0 Å². The Morgan fingerprint density at radius 1 is 0.269 bits per heavy atom. The molecule has 0 aliphatic heterocycles. The van der Waals surface area contributed by atoms with Gasteiger partial charge in [0.2, 0.25) is 0 Å². The fourth-order valence-corrected chi connectivity index (χ4v) is 8.04.